The molecule has 1 aromatic rings. The highest BCUT2D eigenvalue weighted by atomic mass is 32.1. The average molecular weight is 406 g/mol. The van der Waals surface area contributed by atoms with Gasteiger partial charge in [0.2, 0.25) is 17.7 Å². The zero-order chi connectivity index (χ0) is 20.1. The highest BCUT2D eigenvalue weighted by Gasteiger charge is 2.44. The summed E-state index contributed by atoms with van der Waals surface area (Å²) in [7, 11) is 0. The van der Waals surface area contributed by atoms with Gasteiger partial charge in [-0.05, 0) is 44.1 Å². The van der Waals surface area contributed by atoms with E-state index in [0.29, 0.717) is 25.8 Å². The second kappa shape index (κ2) is 9.07. The highest BCUT2D eigenvalue weighted by molar-refractivity contribution is 7.09. The molecule has 1 saturated carbocycles. The minimum atomic E-state index is -0.953. The molecule has 2 fully saturated rings. The minimum absolute atomic E-state index is 0.0869. The number of rotatable bonds is 7. The maximum Gasteiger partial charge on any atom is 0.246 e. The van der Waals surface area contributed by atoms with Crippen molar-refractivity contribution in [1.82, 2.24) is 15.5 Å². The molecule has 2 N–H and O–H groups in total. The molecule has 3 rings (SSSR count). The molecule has 0 spiro atoms. The van der Waals surface area contributed by atoms with Crippen molar-refractivity contribution in [2.45, 2.75) is 89.4 Å². The quantitative estimate of drug-likeness (QED) is 0.732. The molecule has 1 aliphatic heterocycles. The second-order valence-corrected chi connectivity index (χ2v) is 9.13. The van der Waals surface area contributed by atoms with Crippen molar-refractivity contribution in [3.63, 3.8) is 0 Å². The molecule has 7 heteroatoms. The third kappa shape index (κ3) is 4.57. The minimum Gasteiger partial charge on any atom is -0.351 e. The summed E-state index contributed by atoms with van der Waals surface area (Å²) < 4.78 is 0. The average Bonchev–Trinajstić information content (AvgIpc) is 3.37. The number of nitrogens with zero attached hydrogens (tertiary/aromatic N) is 1. The number of carbonyl (C=O) groups is 3. The van der Waals surface area contributed by atoms with E-state index >= 15 is 0 Å². The zero-order valence-electron chi connectivity index (χ0n) is 16.8. The molecule has 0 radical (unpaired) electrons. The van der Waals surface area contributed by atoms with E-state index in [2.05, 4.69) is 10.6 Å². The lowest BCUT2D eigenvalue weighted by Gasteiger charge is -2.41. The fourth-order valence-corrected chi connectivity index (χ4v) is 4.80. The standard InChI is InChI=1S/C21H31N3O3S/c1-3-21(2,20(27)22-15-8-5-4-6-9-15)24(14-16-10-7-13-28-16)19(26)17-11-12-18(25)23-17/h7,10,13,15,17H,3-6,8-9,11-12,14H2,1-2H3,(H,22,27)(H,23,25)/t17-,21+/m0/s1. The summed E-state index contributed by atoms with van der Waals surface area (Å²) >= 11 is 1.57. The Morgan fingerprint density at radius 1 is 1.29 bits per heavy atom. The molecule has 154 valence electrons. The number of thiophene rings is 1. The predicted molar refractivity (Wildman–Crippen MR) is 110 cm³/mol. The van der Waals surface area contributed by atoms with Crippen molar-refractivity contribution < 1.29 is 14.4 Å². The van der Waals surface area contributed by atoms with Crippen LogP contribution in [0.3, 0.4) is 0 Å². The molecule has 1 aliphatic carbocycles. The molecular weight excluding hydrogens is 374 g/mol. The van der Waals surface area contributed by atoms with Gasteiger partial charge in [0, 0.05) is 17.3 Å². The van der Waals surface area contributed by atoms with E-state index < -0.39 is 11.6 Å². The molecule has 0 aromatic carbocycles. The lowest BCUT2D eigenvalue weighted by molar-refractivity contribution is -0.150. The van der Waals surface area contributed by atoms with Crippen LogP contribution < -0.4 is 10.6 Å². The van der Waals surface area contributed by atoms with Gasteiger partial charge in [-0.25, -0.2) is 0 Å². The van der Waals surface area contributed by atoms with Crippen LogP contribution in [0.5, 0.6) is 0 Å². The van der Waals surface area contributed by atoms with Crippen LogP contribution >= 0.6 is 11.3 Å². The van der Waals surface area contributed by atoms with Gasteiger partial charge in [-0.3, -0.25) is 14.4 Å². The first-order chi connectivity index (χ1) is 13.4. The smallest absolute Gasteiger partial charge is 0.246 e. The van der Waals surface area contributed by atoms with Crippen molar-refractivity contribution in [1.29, 1.82) is 0 Å². The number of nitrogens with one attached hydrogen (secondary N) is 2. The number of hydrogen-bond donors (Lipinski definition) is 2. The fourth-order valence-electron chi connectivity index (χ4n) is 4.10. The first-order valence-electron chi connectivity index (χ1n) is 10.4. The van der Waals surface area contributed by atoms with Gasteiger partial charge in [0.1, 0.15) is 11.6 Å². The van der Waals surface area contributed by atoms with Crippen LogP contribution in [0.1, 0.15) is 70.1 Å². The van der Waals surface area contributed by atoms with Crippen LogP contribution in [0, 0.1) is 0 Å². The molecule has 2 aliphatic rings. The van der Waals surface area contributed by atoms with Gasteiger partial charge in [0.25, 0.3) is 0 Å². The van der Waals surface area contributed by atoms with Gasteiger partial charge in [0.15, 0.2) is 0 Å². The van der Waals surface area contributed by atoms with Crippen molar-refractivity contribution in [2.75, 3.05) is 0 Å². The Balaban J connectivity index is 1.82. The third-order valence-electron chi connectivity index (χ3n) is 6.17. The Kier molecular flexibility index (Phi) is 6.75. The van der Waals surface area contributed by atoms with E-state index in [1.165, 1.54) is 6.42 Å². The molecule has 0 unspecified atom stereocenters. The van der Waals surface area contributed by atoms with E-state index in [1.54, 1.807) is 16.2 Å². The van der Waals surface area contributed by atoms with Crippen molar-refractivity contribution in [2.24, 2.45) is 0 Å². The number of hydrogen-bond acceptors (Lipinski definition) is 4. The van der Waals surface area contributed by atoms with Crippen LogP contribution in [0.4, 0.5) is 0 Å². The Bertz CT molecular complexity index is 700. The van der Waals surface area contributed by atoms with Gasteiger partial charge >= 0.3 is 0 Å². The Hall–Kier alpha value is -1.89. The molecule has 28 heavy (non-hydrogen) atoms. The molecule has 1 aromatic heterocycles. The summed E-state index contributed by atoms with van der Waals surface area (Å²) in [6.07, 6.45) is 6.87. The van der Waals surface area contributed by atoms with Gasteiger partial charge in [-0.2, -0.15) is 0 Å². The Labute approximate surface area is 171 Å². The monoisotopic (exact) mass is 405 g/mol. The summed E-state index contributed by atoms with van der Waals surface area (Å²) in [5.74, 6) is -0.349. The van der Waals surface area contributed by atoms with Crippen molar-refractivity contribution >= 4 is 29.1 Å². The highest BCUT2D eigenvalue weighted by Crippen LogP contribution is 2.28. The molecular formula is C21H31N3O3S. The van der Waals surface area contributed by atoms with Crippen LogP contribution in [-0.2, 0) is 20.9 Å². The maximum absolute atomic E-state index is 13.4. The van der Waals surface area contributed by atoms with Gasteiger partial charge in [-0.1, -0.05) is 32.3 Å². The largest absolute Gasteiger partial charge is 0.351 e. The van der Waals surface area contributed by atoms with E-state index in [9.17, 15) is 14.4 Å². The lowest BCUT2D eigenvalue weighted by atomic mass is 9.90. The molecule has 2 heterocycles. The SMILES string of the molecule is CC[C@](C)(C(=O)NC1CCCCC1)N(Cc1cccs1)C(=O)[C@@H]1CCC(=O)N1. The summed E-state index contributed by atoms with van der Waals surface area (Å²) in [5, 5.41) is 7.95. The molecule has 1 saturated heterocycles. The normalized spacial score (nSPS) is 22.4. The van der Waals surface area contributed by atoms with E-state index in [4.69, 9.17) is 0 Å². The van der Waals surface area contributed by atoms with E-state index in [0.717, 1.165) is 30.6 Å². The summed E-state index contributed by atoms with van der Waals surface area (Å²) in [4.78, 5) is 41.1. The van der Waals surface area contributed by atoms with Crippen LogP contribution in [-0.4, -0.2) is 40.2 Å². The molecule has 0 bridgehead atoms. The van der Waals surface area contributed by atoms with E-state index in [-0.39, 0.29) is 23.8 Å². The topological polar surface area (TPSA) is 78.5 Å². The molecule has 6 nitrogen and oxygen atoms in total. The Morgan fingerprint density at radius 2 is 2.04 bits per heavy atom. The van der Waals surface area contributed by atoms with Crippen molar-refractivity contribution in [3.05, 3.63) is 22.4 Å². The lowest BCUT2D eigenvalue weighted by Crippen LogP contribution is -2.62. The van der Waals surface area contributed by atoms with Gasteiger partial charge in [-0.15, -0.1) is 11.3 Å². The van der Waals surface area contributed by atoms with Crippen LogP contribution in [0.15, 0.2) is 17.5 Å². The number of amides is 3. The summed E-state index contributed by atoms with van der Waals surface area (Å²) in [6, 6.07) is 3.58. The number of carbonyl (C=O) groups excluding carboxylic acids is 3. The summed E-state index contributed by atoms with van der Waals surface area (Å²) in [5.41, 5.74) is -0.953. The first kappa shape index (κ1) is 20.8. The Morgan fingerprint density at radius 3 is 2.61 bits per heavy atom. The molecule has 2 atom stereocenters. The maximum atomic E-state index is 13.4. The summed E-state index contributed by atoms with van der Waals surface area (Å²) in [6.45, 7) is 4.18. The van der Waals surface area contributed by atoms with Gasteiger partial charge < -0.3 is 15.5 Å². The first-order valence-corrected chi connectivity index (χ1v) is 11.3. The predicted octanol–water partition coefficient (Wildman–Crippen LogP) is 2.97. The van der Waals surface area contributed by atoms with Gasteiger partial charge in [0.05, 0.1) is 6.54 Å². The third-order valence-corrected chi connectivity index (χ3v) is 7.03. The second-order valence-electron chi connectivity index (χ2n) is 8.10. The van der Waals surface area contributed by atoms with Crippen LogP contribution in [0.2, 0.25) is 0 Å². The fraction of sp³-hybridized carbons (Fsp3) is 0.667. The molecule has 3 amide bonds. The zero-order valence-corrected chi connectivity index (χ0v) is 17.6. The van der Waals surface area contributed by atoms with Crippen molar-refractivity contribution in [3.8, 4) is 0 Å². The van der Waals surface area contributed by atoms with Crippen LogP contribution in [0.25, 0.3) is 0 Å². The van der Waals surface area contributed by atoms with E-state index in [1.807, 2.05) is 31.4 Å².